The first-order chi connectivity index (χ1) is 16.8. The van der Waals surface area contributed by atoms with E-state index in [1.54, 1.807) is 18.2 Å². The SMILES string of the molecule is C=C/C=C(\C(C(=NC)C1CCC1)=C(/C)Cc1ccc(OC(F)(F)F)cc1)c1cnn(C2COC2)c1. The Morgan fingerprint density at radius 2 is 1.97 bits per heavy atom. The first-order valence-corrected chi connectivity index (χ1v) is 11.8. The van der Waals surface area contributed by atoms with E-state index in [0.717, 1.165) is 46.4 Å². The van der Waals surface area contributed by atoms with Crippen LogP contribution in [-0.4, -0.2) is 42.1 Å². The normalized spacial score (nSPS) is 18.5. The Bertz CT molecular complexity index is 1140. The Morgan fingerprint density at radius 1 is 1.26 bits per heavy atom. The van der Waals surface area contributed by atoms with E-state index in [-0.39, 0.29) is 11.8 Å². The Hall–Kier alpha value is -3.13. The molecule has 1 aliphatic heterocycles. The average Bonchev–Trinajstić information content (AvgIpc) is 3.19. The first-order valence-electron chi connectivity index (χ1n) is 11.8. The maximum atomic E-state index is 12.5. The van der Waals surface area contributed by atoms with Crippen molar-refractivity contribution in [3.63, 3.8) is 0 Å². The predicted octanol–water partition coefficient (Wildman–Crippen LogP) is 6.35. The minimum atomic E-state index is -4.71. The third-order valence-electron chi connectivity index (χ3n) is 6.50. The molecule has 0 N–H and O–H groups in total. The topological polar surface area (TPSA) is 48.6 Å². The summed E-state index contributed by atoms with van der Waals surface area (Å²) in [7, 11) is 1.82. The summed E-state index contributed by atoms with van der Waals surface area (Å²) in [6.07, 6.45) is 6.86. The van der Waals surface area contributed by atoms with Crippen molar-refractivity contribution < 1.29 is 22.6 Å². The molecule has 1 saturated heterocycles. The molecule has 1 saturated carbocycles. The number of benzene rings is 1. The van der Waals surface area contributed by atoms with Gasteiger partial charge in [0.05, 0.1) is 25.5 Å². The highest BCUT2D eigenvalue weighted by Gasteiger charge is 2.31. The molecule has 2 fully saturated rings. The number of ether oxygens (including phenoxy) is 2. The van der Waals surface area contributed by atoms with Crippen LogP contribution in [0.4, 0.5) is 13.2 Å². The molecule has 2 aliphatic rings. The lowest BCUT2D eigenvalue weighted by Gasteiger charge is -2.30. The molecule has 8 heteroatoms. The number of allylic oxidation sites excluding steroid dienone is 5. The van der Waals surface area contributed by atoms with Gasteiger partial charge >= 0.3 is 6.36 Å². The van der Waals surface area contributed by atoms with E-state index in [2.05, 4.69) is 23.3 Å². The molecule has 0 amide bonds. The fourth-order valence-corrected chi connectivity index (χ4v) is 4.46. The summed E-state index contributed by atoms with van der Waals surface area (Å²) in [5.74, 6) is 0.156. The van der Waals surface area contributed by atoms with Crippen molar-refractivity contribution in [3.05, 3.63) is 77.7 Å². The zero-order chi connectivity index (χ0) is 25.0. The molecule has 1 aromatic carbocycles. The lowest BCUT2D eigenvalue weighted by molar-refractivity contribution is -0.274. The van der Waals surface area contributed by atoms with Crippen LogP contribution in [0, 0.1) is 5.92 Å². The highest BCUT2D eigenvalue weighted by atomic mass is 19.4. The molecule has 0 atom stereocenters. The molecular weight excluding hydrogens is 455 g/mol. The van der Waals surface area contributed by atoms with E-state index in [4.69, 9.17) is 9.73 Å². The molecule has 2 aromatic rings. The van der Waals surface area contributed by atoms with Crippen molar-refractivity contribution in [1.82, 2.24) is 9.78 Å². The van der Waals surface area contributed by atoms with Crippen LogP contribution in [0.2, 0.25) is 0 Å². The van der Waals surface area contributed by atoms with Crippen molar-refractivity contribution in [2.45, 2.75) is 45.0 Å². The van der Waals surface area contributed by atoms with E-state index < -0.39 is 6.36 Å². The number of halogens is 3. The molecule has 35 heavy (non-hydrogen) atoms. The van der Waals surface area contributed by atoms with Crippen molar-refractivity contribution in [2.75, 3.05) is 20.3 Å². The maximum Gasteiger partial charge on any atom is 0.573 e. The smallest absolute Gasteiger partial charge is 0.406 e. The van der Waals surface area contributed by atoms with E-state index >= 15 is 0 Å². The van der Waals surface area contributed by atoms with Gasteiger partial charge in [-0.3, -0.25) is 9.67 Å². The highest BCUT2D eigenvalue weighted by Crippen LogP contribution is 2.37. The Kier molecular flexibility index (Phi) is 7.60. The fourth-order valence-electron chi connectivity index (χ4n) is 4.46. The van der Waals surface area contributed by atoms with Crippen LogP contribution < -0.4 is 4.74 Å². The first kappa shape index (κ1) is 25.0. The highest BCUT2D eigenvalue weighted by molar-refractivity contribution is 6.15. The van der Waals surface area contributed by atoms with E-state index in [1.807, 2.05) is 30.2 Å². The third kappa shape index (κ3) is 5.93. The van der Waals surface area contributed by atoms with E-state index in [9.17, 15) is 13.2 Å². The standard InChI is InChI=1S/C27H30F3N3O2/c1-4-6-24(21-14-32-33(15-21)22-16-34-17-22)25(26(31-3)20-7-5-8-20)18(2)13-19-9-11-23(12-10-19)35-27(28,29)30/h4,6,9-12,14-15,20,22H,1,5,7-8,13,16-17H2,2-3H3/b24-6-,25-18-,31-26?. The van der Waals surface area contributed by atoms with Gasteiger partial charge in [0.1, 0.15) is 5.75 Å². The van der Waals surface area contributed by atoms with Gasteiger partial charge in [0.15, 0.2) is 0 Å². The molecule has 1 aromatic heterocycles. The summed E-state index contributed by atoms with van der Waals surface area (Å²) >= 11 is 0. The summed E-state index contributed by atoms with van der Waals surface area (Å²) in [5, 5.41) is 4.56. The zero-order valence-corrected chi connectivity index (χ0v) is 20.0. The minimum absolute atomic E-state index is 0.229. The Balaban J connectivity index is 1.70. The second kappa shape index (κ2) is 10.6. The summed E-state index contributed by atoms with van der Waals surface area (Å²) in [4.78, 5) is 4.72. The number of nitrogens with zero attached hydrogens (tertiary/aromatic N) is 3. The van der Waals surface area contributed by atoms with Gasteiger partial charge in [0.25, 0.3) is 0 Å². The molecule has 2 heterocycles. The van der Waals surface area contributed by atoms with Crippen LogP contribution in [0.5, 0.6) is 5.75 Å². The molecule has 4 rings (SSSR count). The summed E-state index contributed by atoms with van der Waals surface area (Å²) in [5.41, 5.74) is 6.04. The molecule has 5 nitrogen and oxygen atoms in total. The quantitative estimate of drug-likeness (QED) is 0.307. The van der Waals surface area contributed by atoms with Crippen molar-refractivity contribution in [3.8, 4) is 5.75 Å². The van der Waals surface area contributed by atoms with Crippen LogP contribution in [0.3, 0.4) is 0 Å². The summed E-state index contributed by atoms with van der Waals surface area (Å²) < 4.78 is 48.9. The number of alkyl halides is 3. The molecule has 0 radical (unpaired) electrons. The maximum absolute atomic E-state index is 12.5. The molecular formula is C27H30F3N3O2. The van der Waals surface area contributed by atoms with Crippen LogP contribution in [0.15, 0.2) is 71.5 Å². The zero-order valence-electron chi connectivity index (χ0n) is 20.0. The van der Waals surface area contributed by atoms with Crippen LogP contribution in [0.1, 0.15) is 43.4 Å². The molecule has 0 unspecified atom stereocenters. The van der Waals surface area contributed by atoms with Crippen LogP contribution in [-0.2, 0) is 11.2 Å². The van der Waals surface area contributed by atoms with E-state index in [1.165, 1.54) is 18.6 Å². The van der Waals surface area contributed by atoms with E-state index in [0.29, 0.717) is 25.6 Å². The van der Waals surface area contributed by atoms with Gasteiger partial charge in [-0.2, -0.15) is 5.10 Å². The molecule has 0 spiro atoms. The third-order valence-corrected chi connectivity index (χ3v) is 6.50. The lowest BCUT2D eigenvalue weighted by Crippen LogP contribution is -2.30. The van der Waals surface area contributed by atoms with Crippen molar-refractivity contribution in [1.29, 1.82) is 0 Å². The van der Waals surface area contributed by atoms with Gasteiger partial charge in [-0.15, -0.1) is 13.2 Å². The van der Waals surface area contributed by atoms with Gasteiger partial charge in [0, 0.05) is 36.0 Å². The number of hydrogen-bond acceptors (Lipinski definition) is 4. The second-order valence-corrected chi connectivity index (χ2v) is 8.98. The van der Waals surface area contributed by atoms with Gasteiger partial charge < -0.3 is 9.47 Å². The fraction of sp³-hybridized carbons (Fsp3) is 0.407. The van der Waals surface area contributed by atoms with Gasteiger partial charge in [-0.05, 0) is 49.5 Å². The monoisotopic (exact) mass is 485 g/mol. The van der Waals surface area contributed by atoms with Crippen LogP contribution >= 0.6 is 0 Å². The number of aromatic nitrogens is 2. The van der Waals surface area contributed by atoms with Crippen molar-refractivity contribution in [2.24, 2.45) is 10.9 Å². The van der Waals surface area contributed by atoms with Crippen LogP contribution in [0.25, 0.3) is 5.57 Å². The molecule has 1 aliphatic carbocycles. The van der Waals surface area contributed by atoms with Crippen molar-refractivity contribution >= 4 is 11.3 Å². The summed E-state index contributed by atoms with van der Waals surface area (Å²) in [6, 6.07) is 6.27. The average molecular weight is 486 g/mol. The largest absolute Gasteiger partial charge is 0.573 e. The lowest BCUT2D eigenvalue weighted by atomic mass is 9.75. The number of rotatable bonds is 9. The number of aliphatic imine (C=N–C) groups is 1. The van der Waals surface area contributed by atoms with Gasteiger partial charge in [-0.25, -0.2) is 0 Å². The Morgan fingerprint density at radius 3 is 2.49 bits per heavy atom. The van der Waals surface area contributed by atoms with Gasteiger partial charge in [-0.1, -0.05) is 42.9 Å². The van der Waals surface area contributed by atoms with Gasteiger partial charge in [0.2, 0.25) is 0 Å². The molecule has 186 valence electrons. The predicted molar refractivity (Wildman–Crippen MR) is 130 cm³/mol. The minimum Gasteiger partial charge on any atom is -0.406 e. The second-order valence-electron chi connectivity index (χ2n) is 8.98. The molecule has 0 bridgehead atoms. The Labute approximate surface area is 203 Å². The number of hydrogen-bond donors (Lipinski definition) is 0. The summed E-state index contributed by atoms with van der Waals surface area (Å²) in [6.45, 7) is 7.30.